The molecule has 4 nitrogen and oxygen atoms in total. The maximum atomic E-state index is 10.4. The predicted octanol–water partition coefficient (Wildman–Crippen LogP) is 0.508. The average molecular weight is 167 g/mol. The van der Waals surface area contributed by atoms with Crippen LogP contribution in [0.4, 0.5) is 0 Å². The number of hydrogen-bond donors (Lipinski definition) is 2. The molecule has 1 heterocycles. The molecule has 0 unspecified atom stereocenters. The van der Waals surface area contributed by atoms with Gasteiger partial charge in [-0.1, -0.05) is 6.07 Å². The Morgan fingerprint density at radius 2 is 2.33 bits per heavy atom. The zero-order valence-corrected chi connectivity index (χ0v) is 6.56. The van der Waals surface area contributed by atoms with E-state index in [4.69, 9.17) is 10.2 Å². The molecule has 0 amide bonds. The molecule has 0 aliphatic carbocycles. The Balaban J connectivity index is 3.02. The number of pyridine rings is 1. The van der Waals surface area contributed by atoms with Gasteiger partial charge in [-0.2, -0.15) is 0 Å². The summed E-state index contributed by atoms with van der Waals surface area (Å²) < 4.78 is 0. The number of hydrogen-bond acceptors (Lipinski definition) is 3. The number of aliphatic carboxylic acids is 1. The lowest BCUT2D eigenvalue weighted by Crippen LogP contribution is -2.13. The fourth-order valence-corrected chi connectivity index (χ4v) is 0.901. The molecular formula is C8H9NO3. The molecule has 2 N–H and O–H groups in total. The van der Waals surface area contributed by atoms with Gasteiger partial charge in [-0.05, 0) is 18.6 Å². The van der Waals surface area contributed by atoms with E-state index in [-0.39, 0.29) is 5.69 Å². The highest BCUT2D eigenvalue weighted by atomic mass is 16.4. The van der Waals surface area contributed by atoms with E-state index in [2.05, 4.69) is 4.98 Å². The highest BCUT2D eigenvalue weighted by molar-refractivity contribution is 5.73. The van der Waals surface area contributed by atoms with Gasteiger partial charge in [0.05, 0.1) is 5.69 Å². The first-order valence-corrected chi connectivity index (χ1v) is 3.45. The third-order valence-corrected chi connectivity index (χ3v) is 1.54. The minimum Gasteiger partial charge on any atom is -0.479 e. The quantitative estimate of drug-likeness (QED) is 0.673. The fraction of sp³-hybridized carbons (Fsp3) is 0.250. The van der Waals surface area contributed by atoms with Crippen LogP contribution < -0.4 is 0 Å². The Morgan fingerprint density at radius 3 is 2.83 bits per heavy atom. The van der Waals surface area contributed by atoms with Crippen LogP contribution in [0.1, 0.15) is 17.4 Å². The summed E-state index contributed by atoms with van der Waals surface area (Å²) in [4.78, 5) is 14.1. The van der Waals surface area contributed by atoms with Crippen LogP contribution in [0.15, 0.2) is 18.3 Å². The highest BCUT2D eigenvalue weighted by Gasteiger charge is 2.18. The zero-order valence-electron chi connectivity index (χ0n) is 6.56. The molecule has 0 radical (unpaired) electrons. The van der Waals surface area contributed by atoms with E-state index in [1.807, 2.05) is 0 Å². The van der Waals surface area contributed by atoms with Crippen LogP contribution in [-0.4, -0.2) is 21.2 Å². The molecule has 1 rings (SSSR count). The fourth-order valence-electron chi connectivity index (χ4n) is 0.901. The standard InChI is InChI=1S/C8H9NO3/c1-5-3-2-4-9-6(5)7(10)8(11)12/h2-4,7,10H,1H3,(H,11,12)/t7-/m0/s1. The number of aromatic nitrogens is 1. The molecule has 0 saturated carbocycles. The summed E-state index contributed by atoms with van der Waals surface area (Å²) in [6.07, 6.45) is -0.0692. The molecule has 0 aliphatic rings. The Kier molecular flexibility index (Phi) is 2.40. The Bertz CT molecular complexity index is 298. The molecule has 0 bridgehead atoms. The Hall–Kier alpha value is -1.42. The average Bonchev–Trinajstić information content (AvgIpc) is 2.04. The van der Waals surface area contributed by atoms with Gasteiger partial charge in [-0.3, -0.25) is 4.98 Å². The number of aryl methyl sites for hydroxylation is 1. The van der Waals surface area contributed by atoms with Crippen LogP contribution in [-0.2, 0) is 4.79 Å². The summed E-state index contributed by atoms with van der Waals surface area (Å²) >= 11 is 0. The van der Waals surface area contributed by atoms with Crippen molar-refractivity contribution >= 4 is 5.97 Å². The van der Waals surface area contributed by atoms with E-state index < -0.39 is 12.1 Å². The van der Waals surface area contributed by atoms with Crippen molar-refractivity contribution in [2.75, 3.05) is 0 Å². The minimum absolute atomic E-state index is 0.199. The third kappa shape index (κ3) is 1.60. The number of carboxylic acid groups (broad SMARTS) is 1. The van der Waals surface area contributed by atoms with E-state index in [0.717, 1.165) is 0 Å². The van der Waals surface area contributed by atoms with E-state index in [1.165, 1.54) is 6.20 Å². The van der Waals surface area contributed by atoms with Gasteiger partial charge in [0.15, 0.2) is 6.10 Å². The first-order chi connectivity index (χ1) is 5.63. The molecule has 64 valence electrons. The van der Waals surface area contributed by atoms with Gasteiger partial charge in [0.25, 0.3) is 0 Å². The molecule has 0 aromatic carbocycles. The van der Waals surface area contributed by atoms with Gasteiger partial charge in [0, 0.05) is 6.20 Å². The maximum absolute atomic E-state index is 10.4. The number of aliphatic hydroxyl groups is 1. The largest absolute Gasteiger partial charge is 0.479 e. The SMILES string of the molecule is Cc1cccnc1[C@H](O)C(=O)O. The van der Waals surface area contributed by atoms with Crippen LogP contribution >= 0.6 is 0 Å². The molecule has 0 spiro atoms. The summed E-state index contributed by atoms with van der Waals surface area (Å²) in [5.74, 6) is -1.28. The molecule has 0 fully saturated rings. The summed E-state index contributed by atoms with van der Waals surface area (Å²) in [7, 11) is 0. The van der Waals surface area contributed by atoms with Crippen molar-refractivity contribution in [1.29, 1.82) is 0 Å². The van der Waals surface area contributed by atoms with Gasteiger partial charge >= 0.3 is 5.97 Å². The second kappa shape index (κ2) is 3.32. The summed E-state index contributed by atoms with van der Waals surface area (Å²) in [5.41, 5.74) is 0.873. The lowest BCUT2D eigenvalue weighted by molar-refractivity contribution is -0.147. The van der Waals surface area contributed by atoms with Gasteiger partial charge in [-0.25, -0.2) is 4.79 Å². The van der Waals surface area contributed by atoms with Crippen molar-refractivity contribution in [3.05, 3.63) is 29.6 Å². The van der Waals surface area contributed by atoms with Gasteiger partial charge in [0.2, 0.25) is 0 Å². The Labute approximate surface area is 69.5 Å². The predicted molar refractivity (Wildman–Crippen MR) is 41.6 cm³/mol. The lowest BCUT2D eigenvalue weighted by atomic mass is 10.1. The molecular weight excluding hydrogens is 158 g/mol. The van der Waals surface area contributed by atoms with E-state index in [1.54, 1.807) is 19.1 Å². The van der Waals surface area contributed by atoms with Gasteiger partial charge < -0.3 is 10.2 Å². The third-order valence-electron chi connectivity index (χ3n) is 1.54. The summed E-state index contributed by atoms with van der Waals surface area (Å²) in [5, 5.41) is 17.6. The van der Waals surface area contributed by atoms with Crippen molar-refractivity contribution in [2.45, 2.75) is 13.0 Å². The van der Waals surface area contributed by atoms with Crippen LogP contribution in [0.5, 0.6) is 0 Å². The van der Waals surface area contributed by atoms with Crippen molar-refractivity contribution in [3.63, 3.8) is 0 Å². The normalized spacial score (nSPS) is 12.5. The monoisotopic (exact) mass is 167 g/mol. The number of aliphatic hydroxyl groups excluding tert-OH is 1. The second-order valence-electron chi connectivity index (χ2n) is 2.45. The molecule has 4 heteroatoms. The van der Waals surface area contributed by atoms with Crippen LogP contribution in [0.3, 0.4) is 0 Å². The number of carboxylic acids is 1. The van der Waals surface area contributed by atoms with Gasteiger partial charge in [0.1, 0.15) is 0 Å². The molecule has 1 aromatic rings. The Morgan fingerprint density at radius 1 is 1.67 bits per heavy atom. The van der Waals surface area contributed by atoms with E-state index in [9.17, 15) is 4.79 Å². The number of carbonyl (C=O) groups is 1. The van der Waals surface area contributed by atoms with Crippen molar-refractivity contribution in [3.8, 4) is 0 Å². The lowest BCUT2D eigenvalue weighted by Gasteiger charge is -2.06. The maximum Gasteiger partial charge on any atom is 0.338 e. The zero-order chi connectivity index (χ0) is 9.14. The smallest absolute Gasteiger partial charge is 0.338 e. The van der Waals surface area contributed by atoms with E-state index in [0.29, 0.717) is 5.56 Å². The minimum atomic E-state index is -1.52. The topological polar surface area (TPSA) is 70.4 Å². The van der Waals surface area contributed by atoms with Crippen LogP contribution in [0.2, 0.25) is 0 Å². The first-order valence-electron chi connectivity index (χ1n) is 3.45. The van der Waals surface area contributed by atoms with Gasteiger partial charge in [-0.15, -0.1) is 0 Å². The van der Waals surface area contributed by atoms with Crippen molar-refractivity contribution < 1.29 is 15.0 Å². The van der Waals surface area contributed by atoms with E-state index >= 15 is 0 Å². The summed E-state index contributed by atoms with van der Waals surface area (Å²) in [6, 6.07) is 3.39. The molecule has 0 aliphatic heterocycles. The highest BCUT2D eigenvalue weighted by Crippen LogP contribution is 2.13. The first kappa shape index (κ1) is 8.67. The van der Waals surface area contributed by atoms with Crippen LogP contribution in [0, 0.1) is 6.92 Å². The molecule has 1 aromatic heterocycles. The second-order valence-corrected chi connectivity index (χ2v) is 2.45. The number of rotatable bonds is 2. The number of nitrogens with zero attached hydrogens (tertiary/aromatic N) is 1. The molecule has 0 saturated heterocycles. The van der Waals surface area contributed by atoms with Crippen molar-refractivity contribution in [2.24, 2.45) is 0 Å². The summed E-state index contributed by atoms with van der Waals surface area (Å²) in [6.45, 7) is 1.70. The van der Waals surface area contributed by atoms with Crippen molar-refractivity contribution in [1.82, 2.24) is 4.98 Å². The molecule has 1 atom stereocenters. The van der Waals surface area contributed by atoms with Crippen LogP contribution in [0.25, 0.3) is 0 Å². The molecule has 12 heavy (non-hydrogen) atoms.